The van der Waals surface area contributed by atoms with Gasteiger partial charge in [-0.15, -0.1) is 0 Å². The number of ether oxygens (including phenoxy) is 2. The molecule has 2 heterocycles. The van der Waals surface area contributed by atoms with Crippen LogP contribution >= 0.6 is 0 Å². The highest BCUT2D eigenvalue weighted by Crippen LogP contribution is 2.40. The lowest BCUT2D eigenvalue weighted by Gasteiger charge is -2.23. The van der Waals surface area contributed by atoms with Crippen LogP contribution in [0.3, 0.4) is 0 Å². The average Bonchev–Trinajstić information content (AvgIpc) is 3.26. The van der Waals surface area contributed by atoms with E-state index < -0.39 is 17.7 Å². The second kappa shape index (κ2) is 9.17. The molecule has 30 heavy (non-hydrogen) atoms. The minimum atomic E-state index is -0.815. The number of benzene rings is 1. The molecule has 160 valence electrons. The number of amides is 1. The number of rotatable bonds is 8. The first-order valence-electron chi connectivity index (χ1n) is 9.96. The molecule has 1 aliphatic heterocycles. The van der Waals surface area contributed by atoms with Gasteiger partial charge in [0.25, 0.3) is 11.7 Å². The summed E-state index contributed by atoms with van der Waals surface area (Å²) in [7, 11) is 1.52. The summed E-state index contributed by atoms with van der Waals surface area (Å²) in [5.41, 5.74) is 1.27. The van der Waals surface area contributed by atoms with Gasteiger partial charge in [-0.1, -0.05) is 6.92 Å². The lowest BCUT2D eigenvalue weighted by molar-refractivity contribution is -0.140. The van der Waals surface area contributed by atoms with Crippen molar-refractivity contribution in [3.05, 3.63) is 58.6 Å². The Kier molecular flexibility index (Phi) is 6.62. The Morgan fingerprint density at radius 1 is 1.17 bits per heavy atom. The van der Waals surface area contributed by atoms with Crippen LogP contribution in [0.4, 0.5) is 0 Å². The van der Waals surface area contributed by atoms with E-state index in [2.05, 4.69) is 0 Å². The Hall–Kier alpha value is -3.06. The van der Waals surface area contributed by atoms with E-state index in [0.29, 0.717) is 29.4 Å². The quantitative estimate of drug-likeness (QED) is 0.403. The summed E-state index contributed by atoms with van der Waals surface area (Å²) < 4.78 is 16.5. The third-order valence-corrected chi connectivity index (χ3v) is 5.02. The van der Waals surface area contributed by atoms with Gasteiger partial charge in [-0.25, -0.2) is 0 Å². The molecule has 7 heteroatoms. The third-order valence-electron chi connectivity index (χ3n) is 5.02. The van der Waals surface area contributed by atoms with Crippen molar-refractivity contribution in [1.82, 2.24) is 4.90 Å². The Bertz CT molecular complexity index is 974. The summed E-state index contributed by atoms with van der Waals surface area (Å²) in [5.74, 6) is 0.114. The summed E-state index contributed by atoms with van der Waals surface area (Å²) in [6, 6.07) is 7.84. The highest BCUT2D eigenvalue weighted by Gasteiger charge is 2.47. The lowest BCUT2D eigenvalue weighted by atomic mass is 9.98. The van der Waals surface area contributed by atoms with Gasteiger partial charge in [0.1, 0.15) is 29.1 Å². The van der Waals surface area contributed by atoms with Crippen molar-refractivity contribution in [3.8, 4) is 5.75 Å². The Labute approximate surface area is 175 Å². The molecule has 0 bridgehead atoms. The fourth-order valence-electron chi connectivity index (χ4n) is 3.52. The second-order valence-electron chi connectivity index (χ2n) is 7.26. The predicted octanol–water partition coefficient (Wildman–Crippen LogP) is 3.75. The molecule has 7 nitrogen and oxygen atoms in total. The van der Waals surface area contributed by atoms with Crippen molar-refractivity contribution in [3.63, 3.8) is 0 Å². The van der Waals surface area contributed by atoms with E-state index in [1.807, 2.05) is 13.8 Å². The molecule has 1 amide bonds. The van der Waals surface area contributed by atoms with Crippen molar-refractivity contribution < 1.29 is 28.6 Å². The largest absolute Gasteiger partial charge is 0.507 e. The lowest BCUT2D eigenvalue weighted by Crippen LogP contribution is -2.32. The van der Waals surface area contributed by atoms with Gasteiger partial charge in [-0.3, -0.25) is 9.59 Å². The Balaban J connectivity index is 2.07. The van der Waals surface area contributed by atoms with Gasteiger partial charge in [-0.05, 0) is 56.2 Å². The number of aliphatic hydroxyl groups excluding tert-OH is 1. The molecule has 1 atom stereocenters. The van der Waals surface area contributed by atoms with Crippen LogP contribution in [0.5, 0.6) is 5.75 Å². The molecule has 1 aliphatic rings. The first-order valence-corrected chi connectivity index (χ1v) is 9.96. The van der Waals surface area contributed by atoms with Gasteiger partial charge >= 0.3 is 0 Å². The number of aryl methyl sites for hydroxylation is 2. The van der Waals surface area contributed by atoms with E-state index in [1.165, 1.54) is 12.0 Å². The maximum absolute atomic E-state index is 12.9. The van der Waals surface area contributed by atoms with Crippen LogP contribution in [-0.4, -0.2) is 48.6 Å². The maximum Gasteiger partial charge on any atom is 0.295 e. The van der Waals surface area contributed by atoms with E-state index in [0.717, 1.165) is 12.0 Å². The third kappa shape index (κ3) is 4.11. The number of furan rings is 1. The van der Waals surface area contributed by atoms with Gasteiger partial charge in [0, 0.05) is 19.2 Å². The summed E-state index contributed by atoms with van der Waals surface area (Å²) in [4.78, 5) is 26.9. The summed E-state index contributed by atoms with van der Waals surface area (Å²) in [6.45, 7) is 6.72. The van der Waals surface area contributed by atoms with Crippen LogP contribution in [0.15, 0.2) is 40.3 Å². The number of methoxy groups -OCH3 is 1. The van der Waals surface area contributed by atoms with Crippen LogP contribution in [0.2, 0.25) is 0 Å². The number of hydrogen-bond acceptors (Lipinski definition) is 6. The molecule has 1 fully saturated rings. The number of nitrogens with zero attached hydrogens (tertiary/aromatic N) is 1. The zero-order valence-corrected chi connectivity index (χ0v) is 17.7. The molecule has 2 aromatic rings. The molecule has 0 aliphatic carbocycles. The molecule has 1 unspecified atom stereocenters. The number of ketones is 1. The molecular formula is C23H27NO6. The number of aliphatic hydroxyl groups is 1. The monoisotopic (exact) mass is 413 g/mol. The first-order chi connectivity index (χ1) is 14.4. The number of likely N-dealkylation sites (tertiary alicyclic amines) is 1. The minimum absolute atomic E-state index is 0.00656. The van der Waals surface area contributed by atoms with Crippen molar-refractivity contribution in [1.29, 1.82) is 0 Å². The van der Waals surface area contributed by atoms with Gasteiger partial charge in [-0.2, -0.15) is 0 Å². The summed E-state index contributed by atoms with van der Waals surface area (Å²) in [5, 5.41) is 11.0. The Morgan fingerprint density at radius 2 is 1.93 bits per heavy atom. The predicted molar refractivity (Wildman–Crippen MR) is 111 cm³/mol. The SMILES string of the molecule is CCCOc1ccc(/C(O)=C2/C(=O)C(=O)N(CCOC)C2c2ccc(C)o2)cc1C. The van der Waals surface area contributed by atoms with Gasteiger partial charge < -0.3 is 23.9 Å². The van der Waals surface area contributed by atoms with E-state index in [1.54, 1.807) is 37.3 Å². The van der Waals surface area contributed by atoms with E-state index >= 15 is 0 Å². The van der Waals surface area contributed by atoms with Gasteiger partial charge in [0.05, 0.1) is 18.8 Å². The van der Waals surface area contributed by atoms with E-state index in [-0.39, 0.29) is 24.5 Å². The van der Waals surface area contributed by atoms with E-state index in [4.69, 9.17) is 13.9 Å². The fourth-order valence-corrected chi connectivity index (χ4v) is 3.52. The molecular weight excluding hydrogens is 386 g/mol. The van der Waals surface area contributed by atoms with Crippen LogP contribution < -0.4 is 4.74 Å². The molecule has 0 saturated carbocycles. The molecule has 3 rings (SSSR count). The zero-order valence-electron chi connectivity index (χ0n) is 17.7. The van der Waals surface area contributed by atoms with Crippen molar-refractivity contribution in [2.45, 2.75) is 33.2 Å². The van der Waals surface area contributed by atoms with E-state index in [9.17, 15) is 14.7 Å². The van der Waals surface area contributed by atoms with Gasteiger partial charge in [0.2, 0.25) is 0 Å². The zero-order chi connectivity index (χ0) is 21.8. The van der Waals surface area contributed by atoms with Crippen molar-refractivity contribution in [2.24, 2.45) is 0 Å². The molecule has 1 aromatic heterocycles. The maximum atomic E-state index is 12.9. The van der Waals surface area contributed by atoms with Crippen molar-refractivity contribution in [2.75, 3.05) is 26.9 Å². The molecule has 0 radical (unpaired) electrons. The number of carbonyl (C=O) groups excluding carboxylic acids is 2. The normalized spacial score (nSPS) is 18.3. The van der Waals surface area contributed by atoms with Crippen LogP contribution in [0.25, 0.3) is 5.76 Å². The Morgan fingerprint density at radius 3 is 2.53 bits per heavy atom. The standard InChI is InChI=1S/C23H27NO6/c1-5-11-29-17-9-7-16(13-14(17)2)21(25)19-20(18-8-6-15(3)30-18)24(10-12-28-4)23(27)22(19)26/h6-9,13,20,25H,5,10-12H2,1-4H3/b21-19-. The van der Waals surface area contributed by atoms with Crippen LogP contribution in [-0.2, 0) is 14.3 Å². The number of Topliss-reactive ketones (excluding diaryl/α,β-unsaturated/α-hetero) is 1. The fraction of sp³-hybridized carbons (Fsp3) is 0.391. The summed E-state index contributed by atoms with van der Waals surface area (Å²) in [6.07, 6.45) is 0.884. The smallest absolute Gasteiger partial charge is 0.295 e. The van der Waals surface area contributed by atoms with Crippen molar-refractivity contribution >= 4 is 17.4 Å². The average molecular weight is 413 g/mol. The second-order valence-corrected chi connectivity index (χ2v) is 7.26. The molecule has 1 N–H and O–H groups in total. The minimum Gasteiger partial charge on any atom is -0.507 e. The highest BCUT2D eigenvalue weighted by atomic mass is 16.5. The molecule has 1 saturated heterocycles. The van der Waals surface area contributed by atoms with Crippen LogP contribution in [0.1, 0.15) is 42.0 Å². The first kappa shape index (κ1) is 21.6. The highest BCUT2D eigenvalue weighted by molar-refractivity contribution is 6.46. The van der Waals surface area contributed by atoms with Crippen LogP contribution in [0, 0.1) is 13.8 Å². The molecule has 0 spiro atoms. The topological polar surface area (TPSA) is 89.2 Å². The number of hydrogen-bond donors (Lipinski definition) is 1. The van der Waals surface area contributed by atoms with Gasteiger partial charge in [0.15, 0.2) is 0 Å². The number of carbonyl (C=O) groups is 2. The summed E-state index contributed by atoms with van der Waals surface area (Å²) >= 11 is 0. The molecule has 1 aromatic carbocycles.